The van der Waals surface area contributed by atoms with E-state index in [4.69, 9.17) is 4.74 Å². The lowest BCUT2D eigenvalue weighted by Crippen LogP contribution is -2.22. The molecule has 0 saturated heterocycles. The first kappa shape index (κ1) is 11.2. The molecule has 16 heavy (non-hydrogen) atoms. The topological polar surface area (TPSA) is 25.4 Å². The van der Waals surface area contributed by atoms with Crippen LogP contribution in [0.15, 0.2) is 18.2 Å². The van der Waals surface area contributed by atoms with Crippen molar-refractivity contribution in [2.24, 2.45) is 0 Å². The van der Waals surface area contributed by atoms with E-state index >= 15 is 0 Å². The average molecular weight is 236 g/mol. The molecule has 0 aliphatic carbocycles. The summed E-state index contributed by atoms with van der Waals surface area (Å²) in [6.07, 6.45) is 0. The molecule has 0 saturated carbocycles. The van der Waals surface area contributed by atoms with Crippen molar-refractivity contribution in [1.29, 1.82) is 0 Å². The van der Waals surface area contributed by atoms with E-state index in [0.717, 1.165) is 30.0 Å². The first-order chi connectivity index (χ1) is 7.81. The molecule has 0 bridgehead atoms. The van der Waals surface area contributed by atoms with Gasteiger partial charge in [0.05, 0.1) is 17.2 Å². The normalized spacial score (nSPS) is 10.7. The van der Waals surface area contributed by atoms with Gasteiger partial charge in [0.25, 0.3) is 0 Å². The van der Waals surface area contributed by atoms with Crippen molar-refractivity contribution in [2.75, 3.05) is 25.1 Å². The first-order valence-corrected chi connectivity index (χ1v) is 6.26. The van der Waals surface area contributed by atoms with Crippen molar-refractivity contribution in [3.8, 4) is 5.75 Å². The zero-order chi connectivity index (χ0) is 11.5. The van der Waals surface area contributed by atoms with E-state index in [-0.39, 0.29) is 0 Å². The van der Waals surface area contributed by atoms with Gasteiger partial charge in [0.2, 0.25) is 0 Å². The maximum absolute atomic E-state index is 5.41. The van der Waals surface area contributed by atoms with Gasteiger partial charge < -0.3 is 9.64 Å². The van der Waals surface area contributed by atoms with Crippen LogP contribution in [0.25, 0.3) is 10.1 Å². The maximum Gasteiger partial charge on any atom is 0.153 e. The smallest absolute Gasteiger partial charge is 0.153 e. The summed E-state index contributed by atoms with van der Waals surface area (Å²) in [4.78, 5) is 2.25. The van der Waals surface area contributed by atoms with E-state index in [1.165, 1.54) is 16.2 Å². The summed E-state index contributed by atoms with van der Waals surface area (Å²) < 4.78 is 11.1. The molecule has 0 atom stereocenters. The summed E-state index contributed by atoms with van der Waals surface area (Å²) in [5, 5.41) is 1.14. The van der Waals surface area contributed by atoms with Gasteiger partial charge in [-0.05, 0) is 37.5 Å². The van der Waals surface area contributed by atoms with Crippen LogP contribution in [0.3, 0.4) is 0 Å². The Kier molecular flexibility index (Phi) is 3.29. The zero-order valence-corrected chi connectivity index (χ0v) is 10.7. The van der Waals surface area contributed by atoms with Crippen molar-refractivity contribution >= 4 is 27.4 Å². The van der Waals surface area contributed by atoms with E-state index in [1.54, 1.807) is 7.11 Å². The molecule has 1 aromatic carbocycles. The van der Waals surface area contributed by atoms with Crippen LogP contribution >= 0.6 is 11.5 Å². The monoisotopic (exact) mass is 236 g/mol. The second-order valence-electron chi connectivity index (χ2n) is 3.51. The molecule has 0 N–H and O–H groups in total. The summed E-state index contributed by atoms with van der Waals surface area (Å²) in [7, 11) is 1.71. The van der Waals surface area contributed by atoms with Crippen molar-refractivity contribution in [3.63, 3.8) is 0 Å². The van der Waals surface area contributed by atoms with Gasteiger partial charge in [-0.15, -0.1) is 0 Å². The molecule has 1 aromatic heterocycles. The highest BCUT2D eigenvalue weighted by atomic mass is 32.1. The van der Waals surface area contributed by atoms with Gasteiger partial charge in [-0.3, -0.25) is 0 Å². The highest BCUT2D eigenvalue weighted by molar-refractivity contribution is 7.13. The molecule has 0 spiro atoms. The molecule has 1 heterocycles. The van der Waals surface area contributed by atoms with Crippen molar-refractivity contribution in [3.05, 3.63) is 18.2 Å². The van der Waals surface area contributed by atoms with Crippen molar-refractivity contribution in [1.82, 2.24) is 4.37 Å². The van der Waals surface area contributed by atoms with E-state index in [9.17, 15) is 0 Å². The number of ether oxygens (including phenoxy) is 1. The highest BCUT2D eigenvalue weighted by Crippen LogP contribution is 2.36. The second-order valence-corrected chi connectivity index (χ2v) is 4.32. The summed E-state index contributed by atoms with van der Waals surface area (Å²) in [5.41, 5.74) is 0. The highest BCUT2D eigenvalue weighted by Gasteiger charge is 2.14. The number of hydrogen-bond donors (Lipinski definition) is 0. The minimum absolute atomic E-state index is 0.910. The maximum atomic E-state index is 5.41. The van der Waals surface area contributed by atoms with Gasteiger partial charge in [-0.2, -0.15) is 4.37 Å². The number of rotatable bonds is 4. The molecule has 4 heteroatoms. The van der Waals surface area contributed by atoms with Crippen LogP contribution < -0.4 is 9.64 Å². The lowest BCUT2D eigenvalue weighted by molar-refractivity contribution is 0.420. The summed E-state index contributed by atoms with van der Waals surface area (Å²) in [6.45, 7) is 6.22. The molecular formula is C12H16N2OS. The summed E-state index contributed by atoms with van der Waals surface area (Å²) in [6, 6.07) is 6.08. The molecule has 2 aromatic rings. The molecule has 86 valence electrons. The largest absolute Gasteiger partial charge is 0.496 e. The SMILES string of the molecule is CCN(CC)c1nsc2cccc(OC)c12. The third-order valence-corrected chi connectivity index (χ3v) is 3.53. The van der Waals surface area contributed by atoms with Crippen molar-refractivity contribution in [2.45, 2.75) is 13.8 Å². The van der Waals surface area contributed by atoms with Crippen LogP contribution in [0.4, 0.5) is 5.82 Å². The molecular weight excluding hydrogens is 220 g/mol. The Labute approximate surface area is 99.8 Å². The Hall–Kier alpha value is -1.29. The second kappa shape index (κ2) is 4.70. The van der Waals surface area contributed by atoms with Gasteiger partial charge in [-0.1, -0.05) is 6.07 Å². The third-order valence-electron chi connectivity index (χ3n) is 2.72. The number of hydrogen-bond acceptors (Lipinski definition) is 4. The molecule has 0 fully saturated rings. The minimum atomic E-state index is 0.910. The van der Waals surface area contributed by atoms with Gasteiger partial charge in [0.1, 0.15) is 5.75 Å². The van der Waals surface area contributed by atoms with Crippen molar-refractivity contribution < 1.29 is 4.74 Å². The lowest BCUT2D eigenvalue weighted by Gasteiger charge is -2.18. The first-order valence-electron chi connectivity index (χ1n) is 5.49. The molecule has 0 aliphatic rings. The van der Waals surface area contributed by atoms with Crippen LogP contribution in [-0.2, 0) is 0 Å². The van der Waals surface area contributed by atoms with Gasteiger partial charge in [0, 0.05) is 13.1 Å². The predicted octanol–water partition coefficient (Wildman–Crippen LogP) is 3.15. The van der Waals surface area contributed by atoms with E-state index in [0.29, 0.717) is 0 Å². The minimum Gasteiger partial charge on any atom is -0.496 e. The predicted molar refractivity (Wildman–Crippen MR) is 69.7 cm³/mol. The van der Waals surface area contributed by atoms with Crippen LogP contribution in [0, 0.1) is 0 Å². The standard InChI is InChI=1S/C12H16N2OS/c1-4-14(5-2)12-11-9(15-3)7-6-8-10(11)16-13-12/h6-8H,4-5H2,1-3H3. The zero-order valence-electron chi connectivity index (χ0n) is 9.86. The molecule has 0 aliphatic heterocycles. The Bertz CT molecular complexity index is 477. The van der Waals surface area contributed by atoms with Crippen LogP contribution in [-0.4, -0.2) is 24.6 Å². The number of fused-ring (bicyclic) bond motifs is 1. The number of methoxy groups -OCH3 is 1. The molecule has 0 unspecified atom stereocenters. The van der Waals surface area contributed by atoms with Crippen LogP contribution in [0.2, 0.25) is 0 Å². The van der Waals surface area contributed by atoms with Crippen LogP contribution in [0.1, 0.15) is 13.8 Å². The van der Waals surface area contributed by atoms with E-state index < -0.39 is 0 Å². The van der Waals surface area contributed by atoms with Gasteiger partial charge in [-0.25, -0.2) is 0 Å². The molecule has 2 rings (SSSR count). The summed E-state index contributed by atoms with van der Waals surface area (Å²) in [5.74, 6) is 1.95. The Morgan fingerprint density at radius 2 is 2.06 bits per heavy atom. The fraction of sp³-hybridized carbons (Fsp3) is 0.417. The number of nitrogens with zero attached hydrogens (tertiary/aromatic N) is 2. The molecule has 0 radical (unpaired) electrons. The van der Waals surface area contributed by atoms with E-state index in [2.05, 4.69) is 29.2 Å². The quantitative estimate of drug-likeness (QED) is 0.815. The third kappa shape index (κ3) is 1.73. The average Bonchev–Trinajstić information content (AvgIpc) is 2.75. The molecule has 0 amide bonds. The number of benzene rings is 1. The summed E-state index contributed by atoms with van der Waals surface area (Å²) >= 11 is 1.53. The Balaban J connectivity index is 2.61. The fourth-order valence-corrected chi connectivity index (χ4v) is 2.67. The Morgan fingerprint density at radius 3 is 2.69 bits per heavy atom. The number of aromatic nitrogens is 1. The van der Waals surface area contributed by atoms with Gasteiger partial charge in [0.15, 0.2) is 5.82 Å². The van der Waals surface area contributed by atoms with E-state index in [1.807, 2.05) is 12.1 Å². The lowest BCUT2D eigenvalue weighted by atomic mass is 10.2. The fourth-order valence-electron chi connectivity index (χ4n) is 1.85. The van der Waals surface area contributed by atoms with Gasteiger partial charge >= 0.3 is 0 Å². The number of anilines is 1. The molecule has 3 nitrogen and oxygen atoms in total. The Morgan fingerprint density at radius 1 is 1.31 bits per heavy atom. The van der Waals surface area contributed by atoms with Crippen LogP contribution in [0.5, 0.6) is 5.75 Å².